The van der Waals surface area contributed by atoms with E-state index in [1.807, 2.05) is 24.3 Å². The van der Waals surface area contributed by atoms with Crippen molar-refractivity contribution >= 4 is 22.6 Å². The van der Waals surface area contributed by atoms with Crippen LogP contribution in [0.2, 0.25) is 0 Å². The van der Waals surface area contributed by atoms with Gasteiger partial charge in [-0.15, -0.1) is 15.0 Å². The molecule has 1 amide bonds. The van der Waals surface area contributed by atoms with Crippen LogP contribution in [0.25, 0.3) is 28.0 Å². The highest BCUT2D eigenvalue weighted by Gasteiger charge is 2.21. The first-order chi connectivity index (χ1) is 26.9. The molecule has 276 valence electrons. The van der Waals surface area contributed by atoms with Gasteiger partial charge in [-0.05, 0) is 107 Å². The number of hydrogen-bond acceptors (Lipinski definition) is 11. The summed E-state index contributed by atoms with van der Waals surface area (Å²) in [5, 5.41) is 16.6. The summed E-state index contributed by atoms with van der Waals surface area (Å²) in [5.41, 5.74) is 6.26. The molecule has 1 aliphatic rings. The molecule has 0 saturated carbocycles. The standard InChI is InChI=1S/C42H37N7O6/c1-52-38-21-29-16-20-48(25-30(29)22-39(38)53-2)19-15-27-7-9-31(10-8-27)49-46-41(45-47-49)34-23-32(54-26-28-13-17-43-18-14-28)11-12-35(34)44-42(51)40-24-36(50)33-5-3-4-6-37(33)55-40/h3-14,17-18,21-24H,15-16,19-20,25-26H2,1-2H3,(H,44,51). The van der Waals surface area contributed by atoms with Crippen LogP contribution in [0.15, 0.2) is 119 Å². The lowest BCUT2D eigenvalue weighted by atomic mass is 9.98. The van der Waals surface area contributed by atoms with Crippen molar-refractivity contribution in [1.29, 1.82) is 0 Å². The molecule has 13 heteroatoms. The lowest BCUT2D eigenvalue weighted by Gasteiger charge is -2.29. The van der Waals surface area contributed by atoms with Crippen LogP contribution in [0.4, 0.5) is 5.69 Å². The lowest BCUT2D eigenvalue weighted by molar-refractivity contribution is 0.0997. The Labute approximate surface area is 316 Å². The molecule has 0 bridgehead atoms. The molecule has 0 radical (unpaired) electrons. The van der Waals surface area contributed by atoms with Crippen LogP contribution in [-0.4, -0.2) is 63.3 Å². The molecule has 0 unspecified atom stereocenters. The molecule has 0 spiro atoms. The predicted octanol–water partition coefficient (Wildman–Crippen LogP) is 6.28. The minimum absolute atomic E-state index is 0.129. The van der Waals surface area contributed by atoms with Crippen LogP contribution < -0.4 is 25.0 Å². The molecule has 0 aliphatic carbocycles. The van der Waals surface area contributed by atoms with Crippen molar-refractivity contribution in [2.75, 3.05) is 32.6 Å². The fourth-order valence-electron chi connectivity index (χ4n) is 6.60. The molecule has 13 nitrogen and oxygen atoms in total. The molecule has 0 atom stereocenters. The number of rotatable bonds is 12. The summed E-state index contributed by atoms with van der Waals surface area (Å²) in [6.07, 6.45) is 5.24. The van der Waals surface area contributed by atoms with Gasteiger partial charge in [-0.2, -0.15) is 0 Å². The van der Waals surface area contributed by atoms with Gasteiger partial charge in [0.05, 0.1) is 36.5 Å². The number of methoxy groups -OCH3 is 2. The molecular formula is C42H37N7O6. The van der Waals surface area contributed by atoms with Crippen LogP contribution >= 0.6 is 0 Å². The van der Waals surface area contributed by atoms with Gasteiger partial charge < -0.3 is 23.9 Å². The topological polar surface area (TPSA) is 147 Å². The van der Waals surface area contributed by atoms with Gasteiger partial charge in [0.2, 0.25) is 5.82 Å². The fraction of sp³-hybridized carbons (Fsp3) is 0.190. The molecule has 4 aromatic carbocycles. The van der Waals surface area contributed by atoms with E-state index >= 15 is 0 Å². The van der Waals surface area contributed by atoms with Crippen LogP contribution in [0.5, 0.6) is 17.2 Å². The number of carbonyl (C=O) groups is 1. The third-order valence-corrected chi connectivity index (χ3v) is 9.59. The van der Waals surface area contributed by atoms with Crippen LogP contribution in [0.3, 0.4) is 0 Å². The Morgan fingerprint density at radius 3 is 2.45 bits per heavy atom. The highest BCUT2D eigenvalue weighted by molar-refractivity contribution is 6.05. The molecule has 1 N–H and O–H groups in total. The second-order valence-electron chi connectivity index (χ2n) is 13.1. The van der Waals surface area contributed by atoms with Crippen molar-refractivity contribution in [3.63, 3.8) is 0 Å². The van der Waals surface area contributed by atoms with Crippen molar-refractivity contribution in [2.24, 2.45) is 0 Å². The Balaban J connectivity index is 0.991. The first kappa shape index (κ1) is 35.2. The van der Waals surface area contributed by atoms with Crippen LogP contribution in [0.1, 0.15) is 32.8 Å². The minimum Gasteiger partial charge on any atom is -0.493 e. The molecule has 7 aromatic rings. The van der Waals surface area contributed by atoms with E-state index in [0.29, 0.717) is 34.6 Å². The SMILES string of the molecule is COc1cc2c(cc1OC)CN(CCc1ccc(-n3nnc(-c4cc(OCc5ccncc5)ccc4NC(=O)c4cc(=O)c5ccccc5o4)n3)cc1)CC2. The summed E-state index contributed by atoms with van der Waals surface area (Å²) in [5.74, 6) is 1.57. The van der Waals surface area contributed by atoms with Crippen molar-refractivity contribution < 1.29 is 23.4 Å². The van der Waals surface area contributed by atoms with E-state index < -0.39 is 5.91 Å². The van der Waals surface area contributed by atoms with Gasteiger partial charge >= 0.3 is 0 Å². The first-order valence-corrected chi connectivity index (χ1v) is 17.8. The maximum absolute atomic E-state index is 13.5. The number of fused-ring (bicyclic) bond motifs is 2. The second kappa shape index (κ2) is 15.6. The molecule has 8 rings (SSSR count). The minimum atomic E-state index is -0.605. The molecule has 0 saturated heterocycles. The summed E-state index contributed by atoms with van der Waals surface area (Å²) in [4.78, 5) is 34.1. The molecule has 3 aromatic heterocycles. The summed E-state index contributed by atoms with van der Waals surface area (Å²) < 4.78 is 22.9. The monoisotopic (exact) mass is 735 g/mol. The van der Waals surface area contributed by atoms with Gasteiger partial charge in [0.25, 0.3) is 5.91 Å². The van der Waals surface area contributed by atoms with Crippen molar-refractivity contribution in [3.05, 3.63) is 148 Å². The van der Waals surface area contributed by atoms with E-state index in [-0.39, 0.29) is 17.0 Å². The molecule has 1 aliphatic heterocycles. The number of tetrazole rings is 1. The molecule has 0 fully saturated rings. The molecule has 55 heavy (non-hydrogen) atoms. The van der Waals surface area contributed by atoms with Crippen molar-refractivity contribution in [2.45, 2.75) is 26.0 Å². The number of para-hydroxylation sites is 1. The number of nitrogens with one attached hydrogen (secondary N) is 1. The largest absolute Gasteiger partial charge is 0.493 e. The number of pyridine rings is 1. The number of aromatic nitrogens is 5. The van der Waals surface area contributed by atoms with E-state index in [4.69, 9.17) is 18.6 Å². The summed E-state index contributed by atoms with van der Waals surface area (Å²) >= 11 is 0. The number of carbonyl (C=O) groups excluding carboxylic acids is 1. The van der Waals surface area contributed by atoms with E-state index in [0.717, 1.165) is 55.2 Å². The lowest BCUT2D eigenvalue weighted by Crippen LogP contribution is -2.32. The number of anilines is 1. The molecule has 4 heterocycles. The average molecular weight is 736 g/mol. The van der Waals surface area contributed by atoms with Gasteiger partial charge in [0.1, 0.15) is 17.9 Å². The molecular weight excluding hydrogens is 699 g/mol. The Morgan fingerprint density at radius 2 is 1.65 bits per heavy atom. The second-order valence-corrected chi connectivity index (χ2v) is 13.1. The number of amides is 1. The Bertz CT molecular complexity index is 2540. The van der Waals surface area contributed by atoms with E-state index in [9.17, 15) is 9.59 Å². The number of hydrogen-bond donors (Lipinski definition) is 1. The number of benzene rings is 4. The Hall–Kier alpha value is -6.86. The third kappa shape index (κ3) is 7.78. The Morgan fingerprint density at radius 1 is 0.873 bits per heavy atom. The summed E-state index contributed by atoms with van der Waals surface area (Å²) in [6.45, 7) is 3.04. The third-order valence-electron chi connectivity index (χ3n) is 9.59. The summed E-state index contributed by atoms with van der Waals surface area (Å²) in [6, 6.07) is 29.1. The van der Waals surface area contributed by atoms with E-state index in [2.05, 4.69) is 54.9 Å². The van der Waals surface area contributed by atoms with Crippen LogP contribution in [-0.2, 0) is 26.0 Å². The highest BCUT2D eigenvalue weighted by Crippen LogP contribution is 2.34. The normalized spacial score (nSPS) is 12.6. The number of nitrogens with zero attached hydrogens (tertiary/aromatic N) is 6. The van der Waals surface area contributed by atoms with Crippen LogP contribution in [0, 0.1) is 0 Å². The summed E-state index contributed by atoms with van der Waals surface area (Å²) in [7, 11) is 3.33. The van der Waals surface area contributed by atoms with Crippen molar-refractivity contribution in [1.82, 2.24) is 30.1 Å². The van der Waals surface area contributed by atoms with Gasteiger partial charge in [0.15, 0.2) is 22.7 Å². The maximum Gasteiger partial charge on any atom is 0.291 e. The zero-order valence-electron chi connectivity index (χ0n) is 30.3. The Kier molecular flexibility index (Phi) is 10.00. The van der Waals surface area contributed by atoms with Crippen molar-refractivity contribution in [3.8, 4) is 34.3 Å². The number of ether oxygens (including phenoxy) is 3. The van der Waals surface area contributed by atoms with E-state index in [1.165, 1.54) is 27.6 Å². The van der Waals surface area contributed by atoms with Gasteiger partial charge in [-0.3, -0.25) is 19.5 Å². The van der Waals surface area contributed by atoms with Gasteiger partial charge in [-0.1, -0.05) is 24.3 Å². The van der Waals surface area contributed by atoms with Gasteiger partial charge in [-0.25, -0.2) is 0 Å². The van der Waals surface area contributed by atoms with E-state index in [1.54, 1.807) is 69.1 Å². The zero-order chi connectivity index (χ0) is 37.7. The smallest absolute Gasteiger partial charge is 0.291 e. The maximum atomic E-state index is 13.5. The van der Waals surface area contributed by atoms with Gasteiger partial charge in [0, 0.05) is 38.1 Å². The zero-order valence-corrected chi connectivity index (χ0v) is 30.3. The highest BCUT2D eigenvalue weighted by atomic mass is 16.5. The first-order valence-electron chi connectivity index (χ1n) is 17.8. The quantitative estimate of drug-likeness (QED) is 0.151. The average Bonchev–Trinajstić information content (AvgIpc) is 3.73. The predicted molar refractivity (Wildman–Crippen MR) is 206 cm³/mol. The fourth-order valence-corrected chi connectivity index (χ4v) is 6.60.